The fourth-order valence-corrected chi connectivity index (χ4v) is 5.21. The number of anilines is 1. The van der Waals surface area contributed by atoms with Crippen molar-refractivity contribution >= 4 is 43.4 Å². The largest absolute Gasteiger partial charge is 0.352 e. The van der Waals surface area contributed by atoms with Crippen LogP contribution in [0, 0.1) is 11.2 Å². The van der Waals surface area contributed by atoms with Crippen molar-refractivity contribution in [1.29, 1.82) is 0 Å². The van der Waals surface area contributed by atoms with E-state index in [0.29, 0.717) is 39.5 Å². The molecule has 0 unspecified atom stereocenters. The van der Waals surface area contributed by atoms with Crippen LogP contribution in [0.3, 0.4) is 0 Å². The summed E-state index contributed by atoms with van der Waals surface area (Å²) < 4.78 is 40.1. The number of benzene rings is 1. The van der Waals surface area contributed by atoms with E-state index < -0.39 is 21.3 Å². The molecule has 1 amide bonds. The highest BCUT2D eigenvalue weighted by atomic mass is 32.2. The Morgan fingerprint density at radius 1 is 0.909 bits per heavy atom. The van der Waals surface area contributed by atoms with Crippen LogP contribution in [-0.4, -0.2) is 50.7 Å². The van der Waals surface area contributed by atoms with E-state index in [9.17, 15) is 17.6 Å². The molecule has 13 heteroatoms. The number of pyridine rings is 3. The van der Waals surface area contributed by atoms with Crippen LogP contribution in [0.5, 0.6) is 0 Å². The van der Waals surface area contributed by atoms with Crippen molar-refractivity contribution in [2.45, 2.75) is 27.3 Å². The molecular formula is C31H29FN8O3S. The molecule has 6 rings (SSSR count). The van der Waals surface area contributed by atoms with Gasteiger partial charge in [0.25, 0.3) is 0 Å². The summed E-state index contributed by atoms with van der Waals surface area (Å²) in [6, 6.07) is 10.1. The minimum absolute atomic E-state index is 0.0393. The first-order chi connectivity index (χ1) is 20.8. The second-order valence-corrected chi connectivity index (χ2v) is 13.5. The molecule has 0 atom stereocenters. The molecule has 0 radical (unpaired) electrons. The Balaban J connectivity index is 1.37. The van der Waals surface area contributed by atoms with Gasteiger partial charge in [-0.05, 0) is 47.5 Å². The summed E-state index contributed by atoms with van der Waals surface area (Å²) in [6.07, 6.45) is 9.34. The Morgan fingerprint density at radius 3 is 2.48 bits per heavy atom. The van der Waals surface area contributed by atoms with Gasteiger partial charge in [0.1, 0.15) is 11.5 Å². The second-order valence-electron chi connectivity index (χ2n) is 11.6. The van der Waals surface area contributed by atoms with Crippen LogP contribution in [0.25, 0.3) is 55.6 Å². The molecule has 0 aliphatic rings. The van der Waals surface area contributed by atoms with Crippen molar-refractivity contribution in [3.8, 4) is 33.8 Å². The molecule has 0 saturated carbocycles. The van der Waals surface area contributed by atoms with Crippen molar-refractivity contribution in [3.63, 3.8) is 0 Å². The van der Waals surface area contributed by atoms with Crippen LogP contribution >= 0.6 is 0 Å². The molecule has 5 heterocycles. The van der Waals surface area contributed by atoms with Crippen LogP contribution in [0.4, 0.5) is 10.1 Å². The summed E-state index contributed by atoms with van der Waals surface area (Å²) in [5, 5.41) is 12.1. The van der Waals surface area contributed by atoms with Gasteiger partial charge in [-0.25, -0.2) is 17.5 Å². The van der Waals surface area contributed by atoms with E-state index in [1.54, 1.807) is 37.1 Å². The quantitative estimate of drug-likeness (QED) is 0.188. The summed E-state index contributed by atoms with van der Waals surface area (Å²) in [7, 11) is -3.44. The van der Waals surface area contributed by atoms with E-state index in [2.05, 4.69) is 40.2 Å². The van der Waals surface area contributed by atoms with E-state index in [4.69, 9.17) is 0 Å². The highest BCUT2D eigenvalue weighted by Gasteiger charge is 2.22. The first kappa shape index (κ1) is 29.1. The molecule has 0 bridgehead atoms. The molecular weight excluding hydrogens is 583 g/mol. The van der Waals surface area contributed by atoms with E-state index in [1.165, 1.54) is 12.1 Å². The van der Waals surface area contributed by atoms with Crippen molar-refractivity contribution in [3.05, 3.63) is 78.8 Å². The number of amides is 1. The molecule has 44 heavy (non-hydrogen) atoms. The van der Waals surface area contributed by atoms with Crippen molar-refractivity contribution < 1.29 is 17.6 Å². The first-order valence-corrected chi connectivity index (χ1v) is 15.6. The second kappa shape index (κ2) is 10.9. The number of rotatable bonds is 7. The van der Waals surface area contributed by atoms with Gasteiger partial charge >= 0.3 is 0 Å². The monoisotopic (exact) mass is 612 g/mol. The van der Waals surface area contributed by atoms with Crippen LogP contribution in [0.15, 0.2) is 67.4 Å². The third-order valence-electron chi connectivity index (χ3n) is 7.03. The topological polar surface area (TPSA) is 158 Å². The highest BCUT2D eigenvalue weighted by Crippen LogP contribution is 2.35. The molecule has 0 aliphatic heterocycles. The van der Waals surface area contributed by atoms with E-state index in [0.717, 1.165) is 33.6 Å². The van der Waals surface area contributed by atoms with Crippen molar-refractivity contribution in [2.75, 3.05) is 11.6 Å². The SMILES string of the molecule is CC(C)(C)C(=O)Nc1cncc(-c2cc3c(-c4cc5c(-c6cc(F)cc(CNS(C)(=O)=O)c6)cncc5[nH]4)n[nH]c3cn2)c1. The minimum atomic E-state index is -3.44. The number of carbonyl (C=O) groups excluding carboxylic acids is 1. The minimum Gasteiger partial charge on any atom is -0.352 e. The average Bonchev–Trinajstić information content (AvgIpc) is 3.59. The normalized spacial score (nSPS) is 12.2. The fraction of sp³-hybridized carbons (Fsp3) is 0.194. The number of hydrogen-bond acceptors (Lipinski definition) is 7. The lowest BCUT2D eigenvalue weighted by Gasteiger charge is -2.17. The standard InChI is InChI=1S/C31H29FN8O3S/c1-31(2,3)30(41)37-21-8-19(12-33-13-21)25-10-23-28(16-35-25)39-40-29(23)26-9-22-24(14-34-15-27(22)38-26)18-5-17(6-20(32)7-18)11-36-44(4,42)43/h5-10,12-16,36,38H,11H2,1-4H3,(H,37,41)(H,39,40). The van der Waals surface area contributed by atoms with E-state index in [1.807, 2.05) is 39.0 Å². The molecule has 1 aromatic carbocycles. The molecule has 5 aromatic heterocycles. The van der Waals surface area contributed by atoms with Crippen LogP contribution < -0.4 is 10.0 Å². The number of nitrogens with zero attached hydrogens (tertiary/aromatic N) is 4. The lowest BCUT2D eigenvalue weighted by Crippen LogP contribution is -2.27. The van der Waals surface area contributed by atoms with Gasteiger partial charge in [-0.2, -0.15) is 5.10 Å². The zero-order valence-corrected chi connectivity index (χ0v) is 25.2. The fourth-order valence-electron chi connectivity index (χ4n) is 4.78. The molecule has 0 fully saturated rings. The summed E-state index contributed by atoms with van der Waals surface area (Å²) in [4.78, 5) is 29.1. The molecule has 4 N–H and O–H groups in total. The van der Waals surface area contributed by atoms with Gasteiger partial charge < -0.3 is 10.3 Å². The smallest absolute Gasteiger partial charge is 0.229 e. The van der Waals surface area contributed by atoms with Crippen molar-refractivity contribution in [1.82, 2.24) is 34.9 Å². The summed E-state index contributed by atoms with van der Waals surface area (Å²) in [5.74, 6) is -0.611. The van der Waals surface area contributed by atoms with E-state index in [-0.39, 0.29) is 12.5 Å². The maximum atomic E-state index is 14.6. The average molecular weight is 613 g/mol. The van der Waals surface area contributed by atoms with Crippen LogP contribution in [-0.2, 0) is 21.4 Å². The molecule has 0 spiro atoms. The van der Waals surface area contributed by atoms with Gasteiger partial charge in [-0.1, -0.05) is 20.8 Å². The highest BCUT2D eigenvalue weighted by molar-refractivity contribution is 7.88. The zero-order valence-electron chi connectivity index (χ0n) is 24.4. The molecule has 224 valence electrons. The number of carbonyl (C=O) groups is 1. The number of nitrogens with one attached hydrogen (secondary N) is 4. The number of sulfonamides is 1. The maximum Gasteiger partial charge on any atom is 0.229 e. The third kappa shape index (κ3) is 6.05. The number of fused-ring (bicyclic) bond motifs is 2. The van der Waals surface area contributed by atoms with Gasteiger partial charge in [0.2, 0.25) is 15.9 Å². The summed E-state index contributed by atoms with van der Waals surface area (Å²) in [6.45, 7) is 5.48. The number of aromatic amines is 2. The number of hydrogen-bond donors (Lipinski definition) is 4. The Bertz CT molecular complexity index is 2170. The van der Waals surface area contributed by atoms with Gasteiger partial charge in [0, 0.05) is 46.3 Å². The predicted molar refractivity (Wildman–Crippen MR) is 167 cm³/mol. The maximum absolute atomic E-state index is 14.6. The molecule has 0 saturated heterocycles. The summed E-state index contributed by atoms with van der Waals surface area (Å²) >= 11 is 0. The van der Waals surface area contributed by atoms with Gasteiger partial charge in [-0.3, -0.25) is 24.8 Å². The molecule has 11 nitrogen and oxygen atoms in total. The number of halogens is 1. The first-order valence-electron chi connectivity index (χ1n) is 13.7. The Morgan fingerprint density at radius 2 is 1.70 bits per heavy atom. The molecule has 6 aromatic rings. The Labute approximate surface area is 252 Å². The Kier molecular flexibility index (Phi) is 7.22. The van der Waals surface area contributed by atoms with Gasteiger partial charge in [-0.15, -0.1) is 0 Å². The summed E-state index contributed by atoms with van der Waals surface area (Å²) in [5.41, 5.74) is 5.89. The Hall–Kier alpha value is -5.01. The van der Waals surface area contributed by atoms with Crippen LogP contribution in [0.2, 0.25) is 0 Å². The predicted octanol–water partition coefficient (Wildman–Crippen LogP) is 5.40. The number of H-pyrrole nitrogens is 2. The lowest BCUT2D eigenvalue weighted by atomic mass is 9.95. The van der Waals surface area contributed by atoms with Gasteiger partial charge in [0.15, 0.2) is 0 Å². The van der Waals surface area contributed by atoms with E-state index >= 15 is 0 Å². The van der Waals surface area contributed by atoms with Crippen LogP contribution in [0.1, 0.15) is 26.3 Å². The van der Waals surface area contributed by atoms with Crippen molar-refractivity contribution in [2.24, 2.45) is 5.41 Å². The third-order valence-corrected chi connectivity index (χ3v) is 7.70. The lowest BCUT2D eigenvalue weighted by molar-refractivity contribution is -0.123. The van der Waals surface area contributed by atoms with Gasteiger partial charge in [0.05, 0.1) is 53.0 Å². The number of aromatic nitrogens is 6. The zero-order chi connectivity index (χ0) is 31.2. The molecule has 0 aliphatic carbocycles.